The van der Waals surface area contributed by atoms with E-state index in [1.165, 1.54) is 37.2 Å². The Morgan fingerprint density at radius 1 is 0.917 bits per heavy atom. The summed E-state index contributed by atoms with van der Waals surface area (Å²) in [6.07, 6.45) is 6.70. The summed E-state index contributed by atoms with van der Waals surface area (Å²) >= 11 is 6.36. The highest BCUT2D eigenvalue weighted by molar-refractivity contribution is 6.35. The molecule has 0 bridgehead atoms. The van der Waals surface area contributed by atoms with Crippen molar-refractivity contribution in [1.82, 2.24) is 4.98 Å². The number of benzene rings is 2. The van der Waals surface area contributed by atoms with E-state index in [4.69, 9.17) is 11.6 Å². The lowest BCUT2D eigenvalue weighted by Crippen LogP contribution is -2.17. The SMILES string of the molecule is Clc1cc(/C=C/c2ccc(N3CCCC3)cc2)nc2ccccc12. The van der Waals surface area contributed by atoms with Gasteiger partial charge in [-0.15, -0.1) is 0 Å². The van der Waals surface area contributed by atoms with Crippen molar-refractivity contribution in [3.63, 3.8) is 0 Å². The first-order chi connectivity index (χ1) is 11.8. The van der Waals surface area contributed by atoms with Crippen LogP contribution in [0.1, 0.15) is 24.1 Å². The molecule has 1 aliphatic heterocycles. The lowest BCUT2D eigenvalue weighted by atomic mass is 10.1. The molecule has 0 radical (unpaired) electrons. The molecule has 2 nitrogen and oxygen atoms in total. The predicted molar refractivity (Wildman–Crippen MR) is 104 cm³/mol. The van der Waals surface area contributed by atoms with E-state index in [0.29, 0.717) is 0 Å². The van der Waals surface area contributed by atoms with Crippen molar-refractivity contribution in [3.8, 4) is 0 Å². The quantitative estimate of drug-likeness (QED) is 0.614. The van der Waals surface area contributed by atoms with Crippen molar-refractivity contribution >= 4 is 40.3 Å². The van der Waals surface area contributed by atoms with Crippen molar-refractivity contribution < 1.29 is 0 Å². The van der Waals surface area contributed by atoms with Crippen molar-refractivity contribution in [1.29, 1.82) is 0 Å². The molecule has 1 aromatic heterocycles. The molecular weight excluding hydrogens is 316 g/mol. The first-order valence-electron chi connectivity index (χ1n) is 8.38. The molecule has 1 aliphatic rings. The van der Waals surface area contributed by atoms with Gasteiger partial charge in [0.05, 0.1) is 16.2 Å². The van der Waals surface area contributed by atoms with E-state index < -0.39 is 0 Å². The highest BCUT2D eigenvalue weighted by Gasteiger charge is 2.11. The van der Waals surface area contributed by atoms with Gasteiger partial charge in [-0.25, -0.2) is 4.98 Å². The molecule has 120 valence electrons. The van der Waals surface area contributed by atoms with E-state index in [2.05, 4.69) is 40.2 Å². The summed E-state index contributed by atoms with van der Waals surface area (Å²) in [5, 5.41) is 1.73. The molecule has 0 N–H and O–H groups in total. The van der Waals surface area contributed by atoms with Crippen LogP contribution < -0.4 is 4.90 Å². The summed E-state index contributed by atoms with van der Waals surface area (Å²) in [5.41, 5.74) is 4.29. The van der Waals surface area contributed by atoms with Gasteiger partial charge in [-0.3, -0.25) is 0 Å². The summed E-state index contributed by atoms with van der Waals surface area (Å²) in [5.74, 6) is 0. The molecule has 1 fully saturated rings. The smallest absolute Gasteiger partial charge is 0.0724 e. The fourth-order valence-corrected chi connectivity index (χ4v) is 3.46. The molecule has 0 unspecified atom stereocenters. The third-order valence-electron chi connectivity index (χ3n) is 4.50. The van der Waals surface area contributed by atoms with Crippen LogP contribution in [0.3, 0.4) is 0 Å². The third-order valence-corrected chi connectivity index (χ3v) is 4.81. The second-order valence-electron chi connectivity index (χ2n) is 6.17. The Labute approximate surface area is 147 Å². The monoisotopic (exact) mass is 334 g/mol. The molecule has 0 aliphatic carbocycles. The number of fused-ring (bicyclic) bond motifs is 1. The number of nitrogens with zero attached hydrogens (tertiary/aromatic N) is 2. The largest absolute Gasteiger partial charge is 0.372 e. The Hall–Kier alpha value is -2.32. The maximum Gasteiger partial charge on any atom is 0.0724 e. The Balaban J connectivity index is 1.56. The van der Waals surface area contributed by atoms with E-state index in [1.807, 2.05) is 36.4 Å². The minimum absolute atomic E-state index is 0.740. The number of hydrogen-bond acceptors (Lipinski definition) is 2. The van der Waals surface area contributed by atoms with Crippen LogP contribution in [0.15, 0.2) is 54.6 Å². The molecule has 1 saturated heterocycles. The zero-order valence-electron chi connectivity index (χ0n) is 13.5. The van der Waals surface area contributed by atoms with Gasteiger partial charge in [0.25, 0.3) is 0 Å². The maximum atomic E-state index is 6.36. The van der Waals surface area contributed by atoms with Crippen LogP contribution in [-0.4, -0.2) is 18.1 Å². The zero-order valence-corrected chi connectivity index (χ0v) is 14.2. The molecule has 3 heteroatoms. The van der Waals surface area contributed by atoms with Gasteiger partial charge in [-0.2, -0.15) is 0 Å². The summed E-state index contributed by atoms with van der Waals surface area (Å²) < 4.78 is 0. The van der Waals surface area contributed by atoms with Gasteiger partial charge in [-0.05, 0) is 48.7 Å². The van der Waals surface area contributed by atoms with Crippen molar-refractivity contribution in [2.45, 2.75) is 12.8 Å². The van der Waals surface area contributed by atoms with Gasteiger partial charge in [-0.1, -0.05) is 48.0 Å². The number of anilines is 1. The van der Waals surface area contributed by atoms with Crippen LogP contribution in [0.4, 0.5) is 5.69 Å². The number of rotatable bonds is 3. The molecular formula is C21H19ClN2. The molecule has 24 heavy (non-hydrogen) atoms. The van der Waals surface area contributed by atoms with Crippen molar-refractivity contribution in [2.75, 3.05) is 18.0 Å². The zero-order chi connectivity index (χ0) is 16.4. The predicted octanol–water partition coefficient (Wildman–Crippen LogP) is 5.66. The van der Waals surface area contributed by atoms with Crippen LogP contribution in [-0.2, 0) is 0 Å². The van der Waals surface area contributed by atoms with Gasteiger partial charge in [0, 0.05) is 24.2 Å². The molecule has 3 aromatic rings. The van der Waals surface area contributed by atoms with Crippen molar-refractivity contribution in [3.05, 3.63) is 70.9 Å². The maximum absolute atomic E-state index is 6.36. The molecule has 0 spiro atoms. The topological polar surface area (TPSA) is 16.1 Å². The Bertz CT molecular complexity index is 878. The summed E-state index contributed by atoms with van der Waals surface area (Å²) in [6, 6.07) is 18.6. The second kappa shape index (κ2) is 6.66. The molecule has 4 rings (SSSR count). The average Bonchev–Trinajstić information content (AvgIpc) is 3.15. The molecule has 2 aromatic carbocycles. The molecule has 0 amide bonds. The standard InChI is InChI=1S/C21H19ClN2/c22-20-15-17(23-21-6-2-1-5-19(20)21)10-7-16-8-11-18(12-9-16)24-13-3-4-14-24/h1-2,5-12,15H,3-4,13-14H2/b10-7+. The first kappa shape index (κ1) is 15.2. The number of hydrogen-bond donors (Lipinski definition) is 0. The average molecular weight is 335 g/mol. The lowest BCUT2D eigenvalue weighted by molar-refractivity contribution is 0.949. The lowest BCUT2D eigenvalue weighted by Gasteiger charge is -2.17. The minimum atomic E-state index is 0.740. The van der Waals surface area contributed by atoms with E-state index in [9.17, 15) is 0 Å². The van der Waals surface area contributed by atoms with Gasteiger partial charge in [0.2, 0.25) is 0 Å². The van der Waals surface area contributed by atoms with Gasteiger partial charge >= 0.3 is 0 Å². The molecule has 0 atom stereocenters. The number of pyridine rings is 1. The van der Waals surface area contributed by atoms with E-state index in [-0.39, 0.29) is 0 Å². The normalized spacial score (nSPS) is 14.8. The number of para-hydroxylation sites is 1. The highest BCUT2D eigenvalue weighted by atomic mass is 35.5. The minimum Gasteiger partial charge on any atom is -0.372 e. The van der Waals surface area contributed by atoms with Crippen molar-refractivity contribution in [2.24, 2.45) is 0 Å². The van der Waals surface area contributed by atoms with Crippen LogP contribution in [0.2, 0.25) is 5.02 Å². The molecule has 0 saturated carbocycles. The Morgan fingerprint density at radius 3 is 2.46 bits per heavy atom. The fourth-order valence-electron chi connectivity index (χ4n) is 3.19. The number of aromatic nitrogens is 1. The van der Waals surface area contributed by atoms with Crippen LogP contribution in [0, 0.1) is 0 Å². The Kier molecular flexibility index (Phi) is 4.22. The molecule has 2 heterocycles. The summed E-state index contributed by atoms with van der Waals surface area (Å²) in [6.45, 7) is 2.35. The Morgan fingerprint density at radius 2 is 1.67 bits per heavy atom. The van der Waals surface area contributed by atoms with Crippen LogP contribution in [0.25, 0.3) is 23.1 Å². The van der Waals surface area contributed by atoms with Gasteiger partial charge < -0.3 is 4.90 Å². The highest BCUT2D eigenvalue weighted by Crippen LogP contribution is 2.24. The van der Waals surface area contributed by atoms with Gasteiger partial charge in [0.15, 0.2) is 0 Å². The summed E-state index contributed by atoms with van der Waals surface area (Å²) in [4.78, 5) is 7.09. The van der Waals surface area contributed by atoms with Crippen LogP contribution in [0.5, 0.6) is 0 Å². The van der Waals surface area contributed by atoms with E-state index >= 15 is 0 Å². The fraction of sp³-hybridized carbons (Fsp3) is 0.190. The van der Waals surface area contributed by atoms with Gasteiger partial charge in [0.1, 0.15) is 0 Å². The summed E-state index contributed by atoms with van der Waals surface area (Å²) in [7, 11) is 0. The second-order valence-corrected chi connectivity index (χ2v) is 6.57. The van der Waals surface area contributed by atoms with Crippen LogP contribution >= 0.6 is 11.6 Å². The number of halogens is 1. The van der Waals surface area contributed by atoms with E-state index in [1.54, 1.807) is 0 Å². The third kappa shape index (κ3) is 3.15. The van der Waals surface area contributed by atoms with E-state index in [0.717, 1.165) is 21.6 Å². The first-order valence-corrected chi connectivity index (χ1v) is 8.76.